The molecule has 0 saturated heterocycles. The summed E-state index contributed by atoms with van der Waals surface area (Å²) >= 11 is 5.90. The van der Waals surface area contributed by atoms with Gasteiger partial charge in [-0.05, 0) is 0 Å². The predicted octanol–water partition coefficient (Wildman–Crippen LogP) is 7.12. The second kappa shape index (κ2) is 24.8. The molecule has 0 aromatic rings. The Labute approximate surface area is 161 Å². The average Bonchev–Trinajstić information content (AvgIpc) is 2.47. The van der Waals surface area contributed by atoms with E-state index in [0.29, 0.717) is 0 Å². The maximum atomic E-state index is 3.88. The molecule has 0 spiro atoms. The monoisotopic (exact) mass is 644 g/mol. The van der Waals surface area contributed by atoms with Crippen molar-refractivity contribution in [2.24, 2.45) is 0 Å². The summed E-state index contributed by atoms with van der Waals surface area (Å²) in [5.41, 5.74) is 0. The van der Waals surface area contributed by atoms with Crippen molar-refractivity contribution in [1.29, 1.82) is 0 Å². The first-order valence-electron chi connectivity index (χ1n) is 8.62. The first-order valence-corrected chi connectivity index (χ1v) is 29.5. The van der Waals surface area contributed by atoms with Crippen LogP contribution in [0.25, 0.3) is 0 Å². The molecule has 0 aliphatic carbocycles. The summed E-state index contributed by atoms with van der Waals surface area (Å²) in [6, 6.07) is 0. The van der Waals surface area contributed by atoms with Gasteiger partial charge in [-0.15, -0.1) is 0 Å². The minimum Gasteiger partial charge on any atom is -0.412 e. The van der Waals surface area contributed by atoms with Crippen LogP contribution in [0.15, 0.2) is 0 Å². The van der Waals surface area contributed by atoms with Gasteiger partial charge in [-0.3, -0.25) is 0 Å². The Morgan fingerprint density at radius 1 is 0.524 bits per heavy atom. The SMILES string of the molecule is CCC[CH2][Sn]([Br])[CH2]CCC.CCC[CH2][Sn]([Br])[CH2]CCC.O. The largest absolute Gasteiger partial charge is 0.412 e. The van der Waals surface area contributed by atoms with Crippen LogP contribution >= 0.6 is 25.4 Å². The molecule has 0 fully saturated rings. The molecule has 0 amide bonds. The molecule has 0 bridgehead atoms. The standard InChI is InChI=1S/4C4H9.2BrH.H2O.2Sn/c4*1-3-4-2;;;;;/h4*1,3-4H2,2H3;2*1H;1H2;;/q;;;;;;;2*+1/p-2. The Bertz CT molecular complexity index is 140. The first-order chi connectivity index (χ1) is 9.62. The second-order valence-corrected chi connectivity index (χ2v) is 32.1. The van der Waals surface area contributed by atoms with Crippen LogP contribution in [0.2, 0.25) is 17.7 Å². The minimum atomic E-state index is -0.928. The molecule has 0 rings (SSSR count). The fourth-order valence-electron chi connectivity index (χ4n) is 1.72. The molecular formula is C16H38Br2OSn2. The van der Waals surface area contributed by atoms with Crippen molar-refractivity contribution < 1.29 is 5.48 Å². The zero-order valence-electron chi connectivity index (χ0n) is 14.7. The molecule has 0 aromatic carbocycles. The van der Waals surface area contributed by atoms with E-state index in [2.05, 4.69) is 53.1 Å². The number of halogens is 2. The molecule has 21 heavy (non-hydrogen) atoms. The van der Waals surface area contributed by atoms with Crippen LogP contribution in [0.1, 0.15) is 79.1 Å². The third-order valence-electron chi connectivity index (χ3n) is 3.21. The van der Waals surface area contributed by atoms with Crippen LogP contribution in [-0.4, -0.2) is 40.6 Å². The van der Waals surface area contributed by atoms with Gasteiger partial charge >= 0.3 is 157 Å². The summed E-state index contributed by atoms with van der Waals surface area (Å²) in [6.07, 6.45) is 11.4. The molecule has 130 valence electrons. The smallest absolute Gasteiger partial charge is 0.412 e. The molecule has 0 aliphatic heterocycles. The van der Waals surface area contributed by atoms with Crippen molar-refractivity contribution in [3.05, 3.63) is 0 Å². The number of hydrogen-bond donors (Lipinski definition) is 0. The number of rotatable bonds is 12. The molecule has 0 atom stereocenters. The van der Waals surface area contributed by atoms with Gasteiger partial charge in [0.05, 0.1) is 0 Å². The van der Waals surface area contributed by atoms with Crippen molar-refractivity contribution in [3.8, 4) is 0 Å². The Morgan fingerprint density at radius 3 is 0.857 bits per heavy atom. The van der Waals surface area contributed by atoms with Gasteiger partial charge < -0.3 is 5.48 Å². The maximum absolute atomic E-state index is 3.88. The quantitative estimate of drug-likeness (QED) is 0.203. The number of hydrogen-bond acceptors (Lipinski definition) is 0. The molecule has 2 radical (unpaired) electrons. The van der Waals surface area contributed by atoms with Gasteiger partial charge in [-0.1, -0.05) is 0 Å². The topological polar surface area (TPSA) is 31.5 Å². The molecule has 1 nitrogen and oxygen atoms in total. The molecule has 0 aromatic heterocycles. The predicted molar refractivity (Wildman–Crippen MR) is 112 cm³/mol. The Hall–Kier alpha value is 2.52. The zero-order valence-corrected chi connectivity index (χ0v) is 23.6. The summed E-state index contributed by atoms with van der Waals surface area (Å²) in [5.74, 6) is 0. The molecule has 0 aliphatic rings. The molecule has 0 heterocycles. The van der Waals surface area contributed by atoms with Crippen LogP contribution in [0.4, 0.5) is 0 Å². The van der Waals surface area contributed by atoms with E-state index in [1.54, 1.807) is 17.7 Å². The van der Waals surface area contributed by atoms with Crippen LogP contribution < -0.4 is 0 Å². The molecule has 0 unspecified atom stereocenters. The van der Waals surface area contributed by atoms with Crippen molar-refractivity contribution in [2.45, 2.75) is 96.8 Å². The van der Waals surface area contributed by atoms with Crippen LogP contribution in [-0.2, 0) is 0 Å². The van der Waals surface area contributed by atoms with Gasteiger partial charge in [-0.2, -0.15) is 0 Å². The normalized spacial score (nSPS) is 10.3. The summed E-state index contributed by atoms with van der Waals surface area (Å²) in [4.78, 5) is 0. The van der Waals surface area contributed by atoms with Gasteiger partial charge in [0.2, 0.25) is 0 Å². The van der Waals surface area contributed by atoms with Crippen molar-refractivity contribution >= 4 is 60.5 Å². The molecule has 5 heteroatoms. The summed E-state index contributed by atoms with van der Waals surface area (Å²) in [6.45, 7) is 9.12. The Morgan fingerprint density at radius 2 is 0.714 bits per heavy atom. The van der Waals surface area contributed by atoms with Gasteiger partial charge in [0.25, 0.3) is 0 Å². The Kier molecular flexibility index (Phi) is 33.4. The molecular weight excluding hydrogens is 605 g/mol. The van der Waals surface area contributed by atoms with Gasteiger partial charge in [-0.25, -0.2) is 0 Å². The molecule has 0 saturated carbocycles. The van der Waals surface area contributed by atoms with E-state index >= 15 is 0 Å². The van der Waals surface area contributed by atoms with E-state index in [-0.39, 0.29) is 5.48 Å². The van der Waals surface area contributed by atoms with Gasteiger partial charge in [0.15, 0.2) is 0 Å². The zero-order chi connectivity index (χ0) is 15.6. The minimum absolute atomic E-state index is 0. The summed E-state index contributed by atoms with van der Waals surface area (Å²) in [5, 5.41) is 0. The fourth-order valence-corrected chi connectivity index (χ4v) is 19.1. The maximum Gasteiger partial charge on any atom is -0.412 e. The van der Waals surface area contributed by atoms with E-state index in [9.17, 15) is 0 Å². The van der Waals surface area contributed by atoms with E-state index in [4.69, 9.17) is 0 Å². The van der Waals surface area contributed by atoms with Crippen molar-refractivity contribution in [2.75, 3.05) is 0 Å². The van der Waals surface area contributed by atoms with Crippen molar-refractivity contribution in [3.63, 3.8) is 0 Å². The third-order valence-corrected chi connectivity index (χ3v) is 24.1. The van der Waals surface area contributed by atoms with Crippen LogP contribution in [0.5, 0.6) is 0 Å². The van der Waals surface area contributed by atoms with Crippen molar-refractivity contribution in [1.82, 2.24) is 0 Å². The van der Waals surface area contributed by atoms with Crippen LogP contribution in [0.3, 0.4) is 0 Å². The summed E-state index contributed by atoms with van der Waals surface area (Å²) < 4.78 is 6.22. The molecule has 2 N–H and O–H groups in total. The van der Waals surface area contributed by atoms with Gasteiger partial charge in [0.1, 0.15) is 0 Å². The third kappa shape index (κ3) is 27.6. The van der Waals surface area contributed by atoms with E-state index in [1.165, 1.54) is 51.4 Å². The van der Waals surface area contributed by atoms with Crippen LogP contribution in [0, 0.1) is 0 Å². The van der Waals surface area contributed by atoms with E-state index in [0.717, 1.165) is 0 Å². The average molecular weight is 644 g/mol. The fraction of sp³-hybridized carbons (Fsp3) is 1.00. The van der Waals surface area contributed by atoms with E-state index in [1.807, 2.05) is 0 Å². The first kappa shape index (κ1) is 28.3. The second-order valence-electron chi connectivity index (χ2n) is 5.45. The van der Waals surface area contributed by atoms with Gasteiger partial charge in [0, 0.05) is 0 Å². The Balaban J connectivity index is -0.000000295. The van der Waals surface area contributed by atoms with E-state index < -0.39 is 35.1 Å². The number of unbranched alkanes of at least 4 members (excludes halogenated alkanes) is 4. The summed E-state index contributed by atoms with van der Waals surface area (Å²) in [7, 11) is 0.